The highest BCUT2D eigenvalue weighted by Crippen LogP contribution is 2.32. The molecule has 0 aliphatic carbocycles. The third kappa shape index (κ3) is 2.91. The van der Waals surface area contributed by atoms with Crippen molar-refractivity contribution >= 4 is 21.5 Å². The average molecular weight is 295 g/mol. The van der Waals surface area contributed by atoms with Crippen LogP contribution in [0.1, 0.15) is 12.0 Å². The Morgan fingerprint density at radius 3 is 3.12 bits per heavy atom. The molecule has 17 heavy (non-hydrogen) atoms. The van der Waals surface area contributed by atoms with Crippen LogP contribution in [0.25, 0.3) is 5.57 Å². The van der Waals surface area contributed by atoms with Crippen molar-refractivity contribution in [3.63, 3.8) is 0 Å². The van der Waals surface area contributed by atoms with Crippen molar-refractivity contribution in [2.75, 3.05) is 19.0 Å². The highest BCUT2D eigenvalue weighted by atomic mass is 79.9. The van der Waals surface area contributed by atoms with Crippen molar-refractivity contribution < 1.29 is 9.47 Å². The van der Waals surface area contributed by atoms with Crippen LogP contribution in [0.15, 0.2) is 36.4 Å². The van der Waals surface area contributed by atoms with Gasteiger partial charge in [0, 0.05) is 10.9 Å². The number of halogens is 1. The van der Waals surface area contributed by atoms with E-state index >= 15 is 0 Å². The van der Waals surface area contributed by atoms with Gasteiger partial charge >= 0.3 is 0 Å². The van der Waals surface area contributed by atoms with Crippen LogP contribution in [0.4, 0.5) is 0 Å². The summed E-state index contributed by atoms with van der Waals surface area (Å²) in [5, 5.41) is 0.963. The van der Waals surface area contributed by atoms with E-state index in [0.717, 1.165) is 28.8 Å². The topological polar surface area (TPSA) is 18.5 Å². The minimum absolute atomic E-state index is 0.616. The van der Waals surface area contributed by atoms with Crippen LogP contribution in [0.3, 0.4) is 0 Å². The molecular formula is C14H15BrO2. The summed E-state index contributed by atoms with van der Waals surface area (Å²) in [7, 11) is 1.68. The molecular weight excluding hydrogens is 280 g/mol. The van der Waals surface area contributed by atoms with Crippen LogP contribution in [0, 0.1) is 0 Å². The number of benzene rings is 1. The minimum Gasteiger partial charge on any atom is -0.497 e. The number of rotatable bonds is 3. The summed E-state index contributed by atoms with van der Waals surface area (Å²) < 4.78 is 10.9. The molecule has 0 atom stereocenters. The van der Waals surface area contributed by atoms with Gasteiger partial charge in [0.15, 0.2) is 0 Å². The maximum absolute atomic E-state index is 5.66. The van der Waals surface area contributed by atoms with Crippen molar-refractivity contribution in [3.05, 3.63) is 42.0 Å². The molecule has 3 heteroatoms. The van der Waals surface area contributed by atoms with Gasteiger partial charge in [0.05, 0.1) is 7.11 Å². The van der Waals surface area contributed by atoms with Crippen LogP contribution in [-0.4, -0.2) is 19.0 Å². The molecule has 0 radical (unpaired) electrons. The van der Waals surface area contributed by atoms with E-state index in [1.807, 2.05) is 24.3 Å². The van der Waals surface area contributed by atoms with Gasteiger partial charge < -0.3 is 9.47 Å². The van der Waals surface area contributed by atoms with E-state index < -0.39 is 0 Å². The summed E-state index contributed by atoms with van der Waals surface area (Å²) >= 11 is 3.44. The molecule has 0 spiro atoms. The molecule has 1 aromatic rings. The molecule has 0 N–H and O–H groups in total. The molecule has 0 saturated heterocycles. The van der Waals surface area contributed by atoms with E-state index in [1.54, 1.807) is 7.11 Å². The third-order valence-electron chi connectivity index (χ3n) is 2.60. The number of allylic oxidation sites excluding steroid dienone is 3. The summed E-state index contributed by atoms with van der Waals surface area (Å²) in [6, 6.07) is 5.90. The predicted molar refractivity (Wildman–Crippen MR) is 74.0 cm³/mol. The van der Waals surface area contributed by atoms with E-state index in [0.29, 0.717) is 6.61 Å². The average Bonchev–Trinajstić information content (AvgIpc) is 2.57. The molecule has 1 aromatic carbocycles. The Morgan fingerprint density at radius 2 is 2.35 bits per heavy atom. The van der Waals surface area contributed by atoms with Crippen molar-refractivity contribution in [2.45, 2.75) is 6.42 Å². The van der Waals surface area contributed by atoms with E-state index in [9.17, 15) is 0 Å². The summed E-state index contributed by atoms with van der Waals surface area (Å²) in [6.07, 6.45) is 7.34. The van der Waals surface area contributed by atoms with E-state index in [-0.39, 0.29) is 0 Å². The molecule has 1 aliphatic heterocycles. The normalized spacial score (nSPS) is 16.2. The molecule has 2 nitrogen and oxygen atoms in total. The number of hydrogen-bond donors (Lipinski definition) is 0. The second-order valence-electron chi connectivity index (χ2n) is 3.71. The summed E-state index contributed by atoms with van der Waals surface area (Å²) in [6.45, 7) is 0.616. The summed E-state index contributed by atoms with van der Waals surface area (Å²) in [4.78, 5) is 0. The van der Waals surface area contributed by atoms with Crippen LogP contribution >= 0.6 is 15.9 Å². The Hall–Kier alpha value is -1.22. The number of methoxy groups -OCH3 is 1. The maximum Gasteiger partial charge on any atom is 0.127 e. The lowest BCUT2D eigenvalue weighted by Gasteiger charge is -2.10. The van der Waals surface area contributed by atoms with Crippen molar-refractivity contribution in [3.8, 4) is 11.5 Å². The van der Waals surface area contributed by atoms with Crippen LogP contribution in [0.2, 0.25) is 0 Å². The van der Waals surface area contributed by atoms with Gasteiger partial charge in [-0.3, -0.25) is 0 Å². The quantitative estimate of drug-likeness (QED) is 0.789. The molecule has 2 rings (SSSR count). The molecule has 0 bridgehead atoms. The van der Waals surface area contributed by atoms with Crippen molar-refractivity contribution in [2.24, 2.45) is 0 Å². The van der Waals surface area contributed by atoms with Gasteiger partial charge in [-0.1, -0.05) is 28.1 Å². The van der Waals surface area contributed by atoms with E-state index in [4.69, 9.17) is 9.47 Å². The van der Waals surface area contributed by atoms with Crippen LogP contribution in [0.5, 0.6) is 11.5 Å². The van der Waals surface area contributed by atoms with Gasteiger partial charge in [-0.05, 0) is 36.3 Å². The van der Waals surface area contributed by atoms with Gasteiger partial charge in [0.2, 0.25) is 0 Å². The smallest absolute Gasteiger partial charge is 0.127 e. The van der Waals surface area contributed by atoms with E-state index in [2.05, 4.69) is 28.1 Å². The fourth-order valence-electron chi connectivity index (χ4n) is 1.78. The molecule has 1 aliphatic rings. The first kappa shape index (κ1) is 12.2. The Bertz CT molecular complexity index is 450. The lowest BCUT2D eigenvalue weighted by molar-refractivity contribution is 0.361. The van der Waals surface area contributed by atoms with Crippen molar-refractivity contribution in [1.82, 2.24) is 0 Å². The fraction of sp³-hybridized carbons (Fsp3) is 0.286. The van der Waals surface area contributed by atoms with E-state index in [1.165, 1.54) is 5.57 Å². The Morgan fingerprint density at radius 1 is 1.47 bits per heavy atom. The zero-order valence-electron chi connectivity index (χ0n) is 9.78. The highest BCUT2D eigenvalue weighted by molar-refractivity contribution is 9.09. The van der Waals surface area contributed by atoms with Crippen LogP contribution in [-0.2, 0) is 0 Å². The third-order valence-corrected chi connectivity index (χ3v) is 3.06. The molecule has 0 saturated carbocycles. The Labute approximate surface area is 110 Å². The van der Waals surface area contributed by atoms with Gasteiger partial charge in [-0.25, -0.2) is 0 Å². The Balaban J connectivity index is 2.43. The SMILES string of the molecule is COc1ccc2c(c1)C(=CCCBr)C=CCO2. The van der Waals surface area contributed by atoms with Gasteiger partial charge in [0.1, 0.15) is 18.1 Å². The zero-order chi connectivity index (χ0) is 12.1. The lowest BCUT2D eigenvalue weighted by atomic mass is 10.0. The number of ether oxygens (including phenoxy) is 2. The lowest BCUT2D eigenvalue weighted by Crippen LogP contribution is -1.94. The second kappa shape index (κ2) is 5.92. The van der Waals surface area contributed by atoms with Crippen LogP contribution < -0.4 is 9.47 Å². The molecule has 1 heterocycles. The highest BCUT2D eigenvalue weighted by Gasteiger charge is 2.11. The van der Waals surface area contributed by atoms with Gasteiger partial charge in [-0.2, -0.15) is 0 Å². The largest absolute Gasteiger partial charge is 0.497 e. The summed E-state index contributed by atoms with van der Waals surface area (Å²) in [5.74, 6) is 1.77. The first-order chi connectivity index (χ1) is 8.35. The number of hydrogen-bond acceptors (Lipinski definition) is 2. The minimum atomic E-state index is 0.616. The molecule has 0 fully saturated rings. The monoisotopic (exact) mass is 294 g/mol. The van der Waals surface area contributed by atoms with Gasteiger partial charge in [-0.15, -0.1) is 0 Å². The number of alkyl halides is 1. The zero-order valence-corrected chi connectivity index (χ0v) is 11.4. The molecule has 0 amide bonds. The number of fused-ring (bicyclic) bond motifs is 1. The first-order valence-corrected chi connectivity index (χ1v) is 6.71. The summed E-state index contributed by atoms with van der Waals surface area (Å²) in [5.41, 5.74) is 2.29. The molecule has 0 unspecified atom stereocenters. The predicted octanol–water partition coefficient (Wildman–Crippen LogP) is 3.81. The second-order valence-corrected chi connectivity index (χ2v) is 4.51. The maximum atomic E-state index is 5.66. The van der Waals surface area contributed by atoms with Gasteiger partial charge in [0.25, 0.3) is 0 Å². The molecule has 90 valence electrons. The Kier molecular flexibility index (Phi) is 4.26. The first-order valence-electron chi connectivity index (χ1n) is 5.59. The fourth-order valence-corrected chi connectivity index (χ4v) is 2.01. The van der Waals surface area contributed by atoms with Crippen molar-refractivity contribution in [1.29, 1.82) is 0 Å². The molecule has 0 aromatic heterocycles. The standard InChI is InChI=1S/C14H15BrO2/c1-16-12-6-7-14-13(10-12)11(4-2-8-15)5-3-9-17-14/h3-7,10H,2,8-9H2,1H3.